The Hall–Kier alpha value is -3.34. The van der Waals surface area contributed by atoms with Gasteiger partial charge in [-0.1, -0.05) is 24.3 Å². The first-order chi connectivity index (χ1) is 14.7. The summed E-state index contributed by atoms with van der Waals surface area (Å²) in [7, 11) is 1.89. The largest absolute Gasteiger partial charge is 0.373 e. The van der Waals surface area contributed by atoms with Crippen molar-refractivity contribution in [2.45, 2.75) is 19.3 Å². The van der Waals surface area contributed by atoms with Gasteiger partial charge in [-0.05, 0) is 60.2 Å². The molecule has 3 aromatic rings. The molecule has 1 saturated heterocycles. The van der Waals surface area contributed by atoms with Crippen molar-refractivity contribution in [2.75, 3.05) is 36.9 Å². The summed E-state index contributed by atoms with van der Waals surface area (Å²) in [6.07, 6.45) is 5.34. The molecule has 152 valence electrons. The van der Waals surface area contributed by atoms with Crippen LogP contribution in [0, 0.1) is 0 Å². The molecule has 0 spiro atoms. The third-order valence-electron chi connectivity index (χ3n) is 6.14. The maximum absolute atomic E-state index is 12.1. The molecule has 0 aliphatic carbocycles. The van der Waals surface area contributed by atoms with E-state index < -0.39 is 0 Å². The Labute approximate surface area is 177 Å². The number of benzene rings is 2. The minimum Gasteiger partial charge on any atom is -0.373 e. The van der Waals surface area contributed by atoms with Crippen molar-refractivity contribution < 1.29 is 4.79 Å². The zero-order valence-electron chi connectivity index (χ0n) is 17.2. The van der Waals surface area contributed by atoms with Crippen molar-refractivity contribution in [1.82, 2.24) is 10.3 Å². The number of rotatable bonds is 4. The van der Waals surface area contributed by atoms with E-state index in [-0.39, 0.29) is 5.91 Å². The molecule has 2 aliphatic heterocycles. The number of hydrogen-bond donors (Lipinski definition) is 2. The summed E-state index contributed by atoms with van der Waals surface area (Å²) in [5.74, 6) is 0.856. The van der Waals surface area contributed by atoms with Crippen LogP contribution in [0.25, 0.3) is 22.3 Å². The number of carbonyl (C=O) groups excluding carboxylic acids is 1. The first-order valence-corrected chi connectivity index (χ1v) is 10.7. The predicted molar refractivity (Wildman–Crippen MR) is 122 cm³/mol. The van der Waals surface area contributed by atoms with Crippen molar-refractivity contribution in [1.29, 1.82) is 0 Å². The van der Waals surface area contributed by atoms with Crippen LogP contribution >= 0.6 is 0 Å². The second-order valence-corrected chi connectivity index (χ2v) is 7.99. The Morgan fingerprint density at radius 1 is 0.933 bits per heavy atom. The smallest absolute Gasteiger partial charge is 0.251 e. The van der Waals surface area contributed by atoms with E-state index in [0.29, 0.717) is 6.54 Å². The van der Waals surface area contributed by atoms with Crippen LogP contribution < -0.4 is 15.5 Å². The van der Waals surface area contributed by atoms with E-state index in [1.165, 1.54) is 18.5 Å². The van der Waals surface area contributed by atoms with Crippen LogP contribution in [-0.4, -0.2) is 37.6 Å². The highest BCUT2D eigenvalue weighted by atomic mass is 16.1. The lowest BCUT2D eigenvalue weighted by Gasteiger charge is -2.19. The number of hydrogen-bond acceptors (Lipinski definition) is 4. The van der Waals surface area contributed by atoms with E-state index >= 15 is 0 Å². The number of nitrogens with one attached hydrogen (secondary N) is 2. The van der Waals surface area contributed by atoms with Crippen molar-refractivity contribution in [2.24, 2.45) is 0 Å². The van der Waals surface area contributed by atoms with Crippen molar-refractivity contribution in [3.63, 3.8) is 0 Å². The normalized spacial score (nSPS) is 15.6. The zero-order chi connectivity index (χ0) is 20.5. The van der Waals surface area contributed by atoms with Gasteiger partial charge in [-0.3, -0.25) is 4.79 Å². The number of fused-ring (bicyclic) bond motifs is 1. The van der Waals surface area contributed by atoms with E-state index in [1.807, 2.05) is 25.4 Å². The van der Waals surface area contributed by atoms with Crippen LogP contribution in [0.15, 0.2) is 54.7 Å². The van der Waals surface area contributed by atoms with E-state index in [1.54, 1.807) is 0 Å². The van der Waals surface area contributed by atoms with Crippen LogP contribution in [-0.2, 0) is 6.42 Å². The van der Waals surface area contributed by atoms with Crippen LogP contribution in [0.4, 0.5) is 11.5 Å². The van der Waals surface area contributed by atoms with Gasteiger partial charge in [0.1, 0.15) is 5.82 Å². The van der Waals surface area contributed by atoms with Gasteiger partial charge >= 0.3 is 0 Å². The Balaban J connectivity index is 1.50. The lowest BCUT2D eigenvalue weighted by Crippen LogP contribution is -2.31. The minimum absolute atomic E-state index is 0.0154. The second-order valence-electron chi connectivity index (χ2n) is 7.99. The highest BCUT2D eigenvalue weighted by Gasteiger charge is 2.18. The molecule has 0 atom stereocenters. The van der Waals surface area contributed by atoms with Crippen LogP contribution in [0.2, 0.25) is 0 Å². The molecule has 0 unspecified atom stereocenters. The predicted octanol–water partition coefficient (Wildman–Crippen LogP) is 4.34. The first kappa shape index (κ1) is 18.7. The van der Waals surface area contributed by atoms with Gasteiger partial charge in [-0.15, -0.1) is 0 Å². The number of carbonyl (C=O) groups is 1. The molecule has 1 fully saturated rings. The summed E-state index contributed by atoms with van der Waals surface area (Å²) in [4.78, 5) is 19.2. The molecule has 5 rings (SSSR count). The maximum Gasteiger partial charge on any atom is 0.251 e. The first-order valence-electron chi connectivity index (χ1n) is 10.7. The van der Waals surface area contributed by atoms with Gasteiger partial charge in [0, 0.05) is 55.3 Å². The fourth-order valence-electron chi connectivity index (χ4n) is 4.48. The van der Waals surface area contributed by atoms with Gasteiger partial charge in [0.25, 0.3) is 5.91 Å². The van der Waals surface area contributed by atoms with Crippen LogP contribution in [0.5, 0.6) is 0 Å². The third-order valence-corrected chi connectivity index (χ3v) is 6.14. The maximum atomic E-state index is 12.1. The topological polar surface area (TPSA) is 57.3 Å². The third kappa shape index (κ3) is 3.41. The quantitative estimate of drug-likeness (QED) is 0.686. The number of aromatic nitrogens is 1. The lowest BCUT2D eigenvalue weighted by atomic mass is 9.94. The summed E-state index contributed by atoms with van der Waals surface area (Å²) in [6.45, 7) is 2.99. The van der Waals surface area contributed by atoms with Gasteiger partial charge in [0.2, 0.25) is 0 Å². The standard InChI is InChI=1S/C25H26N4O/c1-26-24-23(18-6-9-22-19(14-18)10-11-27-25(22)30)15-20(16-28-24)17-4-7-21(8-5-17)29-12-2-3-13-29/h4-9,14-16H,2-3,10-13H2,1H3,(H,26,28)(H,27,30). The lowest BCUT2D eigenvalue weighted by molar-refractivity contribution is 0.0946. The molecule has 2 N–H and O–H groups in total. The zero-order valence-corrected chi connectivity index (χ0v) is 17.2. The summed E-state index contributed by atoms with van der Waals surface area (Å²) in [5.41, 5.74) is 7.54. The molecule has 2 aliphatic rings. The van der Waals surface area contributed by atoms with Crippen molar-refractivity contribution in [3.8, 4) is 22.3 Å². The molecule has 3 heterocycles. The molecule has 5 nitrogen and oxygen atoms in total. The van der Waals surface area contributed by atoms with E-state index in [0.717, 1.165) is 58.7 Å². The monoisotopic (exact) mass is 398 g/mol. The molecule has 5 heteroatoms. The molecule has 30 heavy (non-hydrogen) atoms. The average molecular weight is 399 g/mol. The van der Waals surface area contributed by atoms with Crippen molar-refractivity contribution in [3.05, 3.63) is 65.9 Å². The Morgan fingerprint density at radius 3 is 2.47 bits per heavy atom. The summed E-state index contributed by atoms with van der Waals surface area (Å²) >= 11 is 0. The summed E-state index contributed by atoms with van der Waals surface area (Å²) in [6, 6.07) is 17.1. The van der Waals surface area contributed by atoms with Gasteiger partial charge in [0.05, 0.1) is 0 Å². The molecular weight excluding hydrogens is 372 g/mol. The number of nitrogens with zero attached hydrogens (tertiary/aromatic N) is 2. The van der Waals surface area contributed by atoms with E-state index in [2.05, 4.69) is 56.9 Å². The average Bonchev–Trinajstić information content (AvgIpc) is 3.34. The van der Waals surface area contributed by atoms with E-state index in [9.17, 15) is 4.79 Å². The van der Waals surface area contributed by atoms with Crippen LogP contribution in [0.3, 0.4) is 0 Å². The highest BCUT2D eigenvalue weighted by Crippen LogP contribution is 2.33. The fraction of sp³-hybridized carbons (Fsp3) is 0.280. The van der Waals surface area contributed by atoms with Crippen LogP contribution in [0.1, 0.15) is 28.8 Å². The Morgan fingerprint density at radius 2 is 1.70 bits per heavy atom. The van der Waals surface area contributed by atoms with Gasteiger partial charge < -0.3 is 15.5 Å². The second kappa shape index (κ2) is 7.82. The molecule has 1 amide bonds. The fourth-order valence-corrected chi connectivity index (χ4v) is 4.48. The number of pyridine rings is 1. The van der Waals surface area contributed by atoms with Gasteiger partial charge in [-0.25, -0.2) is 4.98 Å². The Kier molecular flexibility index (Phi) is 4.87. The molecular formula is C25H26N4O. The summed E-state index contributed by atoms with van der Waals surface area (Å²) < 4.78 is 0. The molecule has 0 saturated carbocycles. The summed E-state index contributed by atoms with van der Waals surface area (Å²) in [5, 5.41) is 6.12. The highest BCUT2D eigenvalue weighted by molar-refractivity contribution is 5.97. The Bertz CT molecular complexity index is 1080. The van der Waals surface area contributed by atoms with Gasteiger partial charge in [0.15, 0.2) is 0 Å². The van der Waals surface area contributed by atoms with E-state index in [4.69, 9.17) is 0 Å². The number of amides is 1. The van der Waals surface area contributed by atoms with Gasteiger partial charge in [-0.2, -0.15) is 0 Å². The SMILES string of the molecule is CNc1ncc(-c2ccc(N3CCCC3)cc2)cc1-c1ccc2c(c1)CCNC2=O. The molecule has 0 bridgehead atoms. The molecule has 1 aromatic heterocycles. The molecule has 2 aromatic carbocycles. The minimum atomic E-state index is 0.0154. The number of anilines is 2. The van der Waals surface area contributed by atoms with Crippen molar-refractivity contribution >= 4 is 17.4 Å². The molecule has 0 radical (unpaired) electrons.